The van der Waals surface area contributed by atoms with Crippen LogP contribution in [0.15, 0.2) is 18.2 Å². The van der Waals surface area contributed by atoms with Crippen LogP contribution in [0.2, 0.25) is 0 Å². The Morgan fingerprint density at radius 3 is 3.07 bits per heavy atom. The molecule has 0 aromatic heterocycles. The van der Waals surface area contributed by atoms with Crippen LogP contribution in [0.1, 0.15) is 15.9 Å². The number of nitrogens with one attached hydrogen (secondary N) is 1. The summed E-state index contributed by atoms with van der Waals surface area (Å²) in [6, 6.07) is 5.35. The van der Waals surface area contributed by atoms with Gasteiger partial charge in [-0.25, -0.2) is 0 Å². The van der Waals surface area contributed by atoms with Crippen LogP contribution in [-0.2, 0) is 11.2 Å². The molecule has 3 nitrogen and oxygen atoms in total. The summed E-state index contributed by atoms with van der Waals surface area (Å²) >= 11 is 3.14. The second-order valence-electron chi connectivity index (χ2n) is 3.52. The van der Waals surface area contributed by atoms with Crippen molar-refractivity contribution in [3.8, 4) is 0 Å². The second kappa shape index (κ2) is 4.14. The van der Waals surface area contributed by atoms with Gasteiger partial charge in [-0.1, -0.05) is 15.9 Å². The summed E-state index contributed by atoms with van der Waals surface area (Å²) in [5.41, 5.74) is 2.69. The first-order valence-corrected chi connectivity index (χ1v) is 5.80. The third-order valence-corrected chi connectivity index (χ3v) is 3.00. The lowest BCUT2D eigenvalue weighted by molar-refractivity contribution is -0.108. The first kappa shape index (κ1) is 10.4. The van der Waals surface area contributed by atoms with Crippen molar-refractivity contribution in [3.05, 3.63) is 29.3 Å². The molecule has 1 unspecified atom stereocenters. The zero-order chi connectivity index (χ0) is 10.8. The molecule has 1 aliphatic heterocycles. The molecule has 1 N–H and O–H groups in total. The predicted octanol–water partition coefficient (Wildman–Crippen LogP) is 1.80. The zero-order valence-corrected chi connectivity index (χ0v) is 9.58. The molecule has 0 radical (unpaired) electrons. The highest BCUT2D eigenvalue weighted by molar-refractivity contribution is 9.09. The van der Waals surface area contributed by atoms with Gasteiger partial charge in [0.2, 0.25) is 0 Å². The molecule has 2 rings (SSSR count). The first-order chi connectivity index (χ1) is 7.24. The van der Waals surface area contributed by atoms with E-state index in [1.54, 1.807) is 6.07 Å². The Morgan fingerprint density at radius 1 is 1.60 bits per heavy atom. The van der Waals surface area contributed by atoms with Gasteiger partial charge in [0.05, 0.1) is 11.4 Å². The van der Waals surface area contributed by atoms with Gasteiger partial charge in [0.25, 0.3) is 0 Å². The molecule has 0 bridgehead atoms. The van der Waals surface area contributed by atoms with E-state index >= 15 is 0 Å². The molecule has 0 spiro atoms. The SMILES string of the molecule is O=CC1Cc2cc(C(=O)CBr)ccc2N1. The number of benzene rings is 1. The van der Waals surface area contributed by atoms with Crippen LogP contribution in [-0.4, -0.2) is 23.4 Å². The fourth-order valence-corrected chi connectivity index (χ4v) is 2.05. The van der Waals surface area contributed by atoms with Gasteiger partial charge in [-0.15, -0.1) is 0 Å². The van der Waals surface area contributed by atoms with E-state index in [-0.39, 0.29) is 11.8 Å². The maximum absolute atomic E-state index is 11.4. The molecule has 1 aliphatic rings. The van der Waals surface area contributed by atoms with Crippen LogP contribution in [0.5, 0.6) is 0 Å². The van der Waals surface area contributed by atoms with E-state index in [9.17, 15) is 9.59 Å². The summed E-state index contributed by atoms with van der Waals surface area (Å²) in [7, 11) is 0. The van der Waals surface area contributed by atoms with Crippen molar-refractivity contribution < 1.29 is 9.59 Å². The lowest BCUT2D eigenvalue weighted by atomic mass is 10.0. The molecule has 0 aliphatic carbocycles. The van der Waals surface area contributed by atoms with Gasteiger partial charge in [-0.2, -0.15) is 0 Å². The number of aldehydes is 1. The molecule has 15 heavy (non-hydrogen) atoms. The van der Waals surface area contributed by atoms with E-state index in [2.05, 4.69) is 21.2 Å². The number of hydrogen-bond donors (Lipinski definition) is 1. The van der Waals surface area contributed by atoms with E-state index in [4.69, 9.17) is 0 Å². The van der Waals surface area contributed by atoms with E-state index in [1.165, 1.54) is 0 Å². The summed E-state index contributed by atoms with van der Waals surface area (Å²) < 4.78 is 0. The van der Waals surface area contributed by atoms with E-state index in [0.29, 0.717) is 17.3 Å². The Bertz CT molecular complexity index is 417. The van der Waals surface area contributed by atoms with Crippen molar-refractivity contribution >= 4 is 33.7 Å². The molecular formula is C11H10BrNO2. The average Bonchev–Trinajstić information content (AvgIpc) is 2.69. The molecule has 1 atom stereocenters. The minimum Gasteiger partial charge on any atom is -0.375 e. The summed E-state index contributed by atoms with van der Waals surface area (Å²) in [6.45, 7) is 0. The summed E-state index contributed by atoms with van der Waals surface area (Å²) in [5, 5.41) is 3.41. The standard InChI is InChI=1S/C11H10BrNO2/c12-5-11(15)7-1-2-10-8(3-7)4-9(6-14)13-10/h1-3,6,9,13H,4-5H2. The molecular weight excluding hydrogens is 258 g/mol. The van der Waals surface area contributed by atoms with Crippen molar-refractivity contribution in [2.45, 2.75) is 12.5 Å². The van der Waals surface area contributed by atoms with Crippen molar-refractivity contribution in [3.63, 3.8) is 0 Å². The fraction of sp³-hybridized carbons (Fsp3) is 0.273. The zero-order valence-electron chi connectivity index (χ0n) is 8.00. The van der Waals surface area contributed by atoms with Gasteiger partial charge in [0, 0.05) is 17.7 Å². The maximum atomic E-state index is 11.4. The molecule has 0 fully saturated rings. The Balaban J connectivity index is 2.30. The molecule has 1 aromatic carbocycles. The summed E-state index contributed by atoms with van der Waals surface area (Å²) in [6.07, 6.45) is 1.56. The number of anilines is 1. The number of hydrogen-bond acceptors (Lipinski definition) is 3. The van der Waals surface area contributed by atoms with Crippen LogP contribution in [0.25, 0.3) is 0 Å². The van der Waals surface area contributed by atoms with Gasteiger partial charge in [-0.05, 0) is 23.8 Å². The van der Waals surface area contributed by atoms with Gasteiger partial charge in [0.1, 0.15) is 6.29 Å². The lowest BCUT2D eigenvalue weighted by Gasteiger charge is -2.02. The second-order valence-corrected chi connectivity index (χ2v) is 4.08. The number of halogens is 1. The smallest absolute Gasteiger partial charge is 0.173 e. The molecule has 0 saturated carbocycles. The summed E-state index contributed by atoms with van der Waals surface area (Å²) in [4.78, 5) is 22.0. The molecule has 1 aromatic rings. The highest BCUT2D eigenvalue weighted by Crippen LogP contribution is 2.26. The number of fused-ring (bicyclic) bond motifs is 1. The fourth-order valence-electron chi connectivity index (χ4n) is 1.72. The Morgan fingerprint density at radius 2 is 2.40 bits per heavy atom. The Kier molecular flexibility index (Phi) is 2.86. The number of Topliss-reactive ketones (excluding diaryl/α,β-unsaturated/α-hetero) is 1. The monoisotopic (exact) mass is 267 g/mol. The molecule has 0 amide bonds. The number of rotatable bonds is 3. The van der Waals surface area contributed by atoms with Crippen molar-refractivity contribution in [2.75, 3.05) is 10.6 Å². The van der Waals surface area contributed by atoms with Crippen molar-refractivity contribution in [2.24, 2.45) is 0 Å². The minimum atomic E-state index is -0.144. The molecule has 0 saturated heterocycles. The Labute approximate surface area is 96.0 Å². The normalized spacial score (nSPS) is 18.1. The quantitative estimate of drug-likeness (QED) is 0.516. The van der Waals surface area contributed by atoms with Gasteiger partial charge in [0.15, 0.2) is 5.78 Å². The third-order valence-electron chi connectivity index (χ3n) is 2.49. The van der Waals surface area contributed by atoms with E-state index < -0.39 is 0 Å². The van der Waals surface area contributed by atoms with Crippen LogP contribution in [0.3, 0.4) is 0 Å². The Hall–Kier alpha value is -1.16. The average molecular weight is 268 g/mol. The lowest BCUT2D eigenvalue weighted by Crippen LogP contribution is -2.15. The highest BCUT2D eigenvalue weighted by Gasteiger charge is 2.20. The molecule has 4 heteroatoms. The number of ketones is 1. The largest absolute Gasteiger partial charge is 0.375 e. The van der Waals surface area contributed by atoms with E-state index in [1.807, 2.05) is 12.1 Å². The number of carbonyl (C=O) groups excluding carboxylic acids is 2. The van der Waals surface area contributed by atoms with Gasteiger partial charge >= 0.3 is 0 Å². The van der Waals surface area contributed by atoms with Gasteiger partial charge in [-0.3, -0.25) is 4.79 Å². The predicted molar refractivity (Wildman–Crippen MR) is 61.7 cm³/mol. The van der Waals surface area contributed by atoms with Crippen LogP contribution in [0, 0.1) is 0 Å². The highest BCUT2D eigenvalue weighted by atomic mass is 79.9. The maximum Gasteiger partial charge on any atom is 0.173 e. The first-order valence-electron chi connectivity index (χ1n) is 4.68. The number of carbonyl (C=O) groups is 2. The molecule has 1 heterocycles. The minimum absolute atomic E-state index is 0.0624. The van der Waals surface area contributed by atoms with Crippen LogP contribution in [0.4, 0.5) is 5.69 Å². The van der Waals surface area contributed by atoms with Crippen LogP contribution >= 0.6 is 15.9 Å². The summed E-state index contributed by atoms with van der Waals surface area (Å²) in [5.74, 6) is 0.0624. The van der Waals surface area contributed by atoms with Crippen molar-refractivity contribution in [1.82, 2.24) is 0 Å². The van der Waals surface area contributed by atoms with Gasteiger partial charge < -0.3 is 10.1 Å². The third kappa shape index (κ3) is 1.95. The topological polar surface area (TPSA) is 46.2 Å². The van der Waals surface area contributed by atoms with E-state index in [0.717, 1.165) is 17.5 Å². The molecule has 78 valence electrons. The van der Waals surface area contributed by atoms with Crippen LogP contribution < -0.4 is 5.32 Å². The number of alkyl halides is 1. The van der Waals surface area contributed by atoms with Crippen molar-refractivity contribution in [1.29, 1.82) is 0 Å².